The molecule has 1 aromatic carbocycles. The van der Waals surface area contributed by atoms with Gasteiger partial charge in [0.2, 0.25) is 0 Å². The molecule has 0 bridgehead atoms. The van der Waals surface area contributed by atoms with E-state index in [0.29, 0.717) is 5.56 Å². The minimum atomic E-state index is -0.0825. The summed E-state index contributed by atoms with van der Waals surface area (Å²) in [5, 5.41) is 9.70. The number of fused-ring (bicyclic) bond motifs is 1. The van der Waals surface area contributed by atoms with Crippen LogP contribution in [0.5, 0.6) is 0 Å². The van der Waals surface area contributed by atoms with Crippen molar-refractivity contribution in [3.05, 3.63) is 46.8 Å². The van der Waals surface area contributed by atoms with Crippen molar-refractivity contribution in [1.29, 1.82) is 0 Å². The Balaban J connectivity index is 1.80. The first-order valence-corrected chi connectivity index (χ1v) is 6.34. The number of hydrogen-bond donors (Lipinski definition) is 3. The number of carbonyl (C=O) groups excluding carboxylic acids is 1. The molecule has 5 heteroatoms. The molecular formula is C14H16N4O. The van der Waals surface area contributed by atoms with Crippen LogP contribution >= 0.6 is 0 Å². The number of aromatic amines is 1. The first kappa shape index (κ1) is 11.8. The summed E-state index contributed by atoms with van der Waals surface area (Å²) in [6.45, 7) is 1.84. The van der Waals surface area contributed by atoms with Crippen molar-refractivity contribution in [2.24, 2.45) is 0 Å². The van der Waals surface area contributed by atoms with Crippen LogP contribution in [0.15, 0.2) is 24.4 Å². The van der Waals surface area contributed by atoms with E-state index in [2.05, 4.69) is 15.5 Å². The van der Waals surface area contributed by atoms with Gasteiger partial charge in [0.05, 0.1) is 17.8 Å². The Morgan fingerprint density at radius 1 is 1.53 bits per heavy atom. The maximum absolute atomic E-state index is 12.2. The van der Waals surface area contributed by atoms with Crippen molar-refractivity contribution >= 4 is 11.6 Å². The molecule has 1 heterocycles. The van der Waals surface area contributed by atoms with Crippen LogP contribution in [0.4, 0.5) is 5.69 Å². The van der Waals surface area contributed by atoms with Crippen LogP contribution in [-0.4, -0.2) is 16.1 Å². The molecule has 1 amide bonds. The third kappa shape index (κ3) is 2.07. The number of rotatable bonds is 2. The number of nitrogens with two attached hydrogens (primary N) is 1. The summed E-state index contributed by atoms with van der Waals surface area (Å²) in [7, 11) is 0. The average Bonchev–Trinajstić information content (AvgIpc) is 2.96. The molecule has 3 rings (SSSR count). The van der Waals surface area contributed by atoms with Crippen LogP contribution in [0.2, 0.25) is 0 Å². The predicted octanol–water partition coefficient (Wildman–Crippen LogP) is 1.72. The molecule has 1 atom stereocenters. The second kappa shape index (κ2) is 4.42. The summed E-state index contributed by atoms with van der Waals surface area (Å²) in [5.74, 6) is -0.0825. The lowest BCUT2D eigenvalue weighted by Crippen LogP contribution is -2.27. The highest BCUT2D eigenvalue weighted by Crippen LogP contribution is 2.32. The Morgan fingerprint density at radius 2 is 2.37 bits per heavy atom. The first-order valence-electron chi connectivity index (χ1n) is 6.34. The molecule has 1 aliphatic rings. The van der Waals surface area contributed by atoms with Gasteiger partial charge in [0.1, 0.15) is 0 Å². The molecule has 5 nitrogen and oxygen atoms in total. The normalized spacial score (nSPS) is 17.2. The van der Waals surface area contributed by atoms with E-state index in [4.69, 9.17) is 5.73 Å². The van der Waals surface area contributed by atoms with E-state index in [0.717, 1.165) is 24.2 Å². The van der Waals surface area contributed by atoms with Crippen LogP contribution in [0.25, 0.3) is 0 Å². The molecule has 2 aromatic rings. The highest BCUT2D eigenvalue weighted by Gasteiger charge is 2.25. The third-order valence-corrected chi connectivity index (χ3v) is 3.62. The molecule has 1 aromatic heterocycles. The van der Waals surface area contributed by atoms with Gasteiger partial charge in [-0.05, 0) is 43.0 Å². The van der Waals surface area contributed by atoms with Crippen LogP contribution in [0.3, 0.4) is 0 Å². The fourth-order valence-corrected chi connectivity index (χ4v) is 2.60. The summed E-state index contributed by atoms with van der Waals surface area (Å²) in [5.41, 5.74) is 10.3. The minimum Gasteiger partial charge on any atom is -0.399 e. The summed E-state index contributed by atoms with van der Waals surface area (Å²) >= 11 is 0. The molecule has 1 aliphatic carbocycles. The number of amides is 1. The average molecular weight is 256 g/mol. The minimum absolute atomic E-state index is 0.0670. The van der Waals surface area contributed by atoms with Gasteiger partial charge in [-0.1, -0.05) is 6.07 Å². The van der Waals surface area contributed by atoms with Gasteiger partial charge >= 0.3 is 0 Å². The van der Waals surface area contributed by atoms with Crippen molar-refractivity contribution in [2.75, 3.05) is 5.73 Å². The number of anilines is 1. The molecule has 19 heavy (non-hydrogen) atoms. The predicted molar refractivity (Wildman–Crippen MR) is 72.7 cm³/mol. The van der Waals surface area contributed by atoms with Gasteiger partial charge < -0.3 is 11.1 Å². The monoisotopic (exact) mass is 256 g/mol. The molecular weight excluding hydrogens is 240 g/mol. The number of carbonyl (C=O) groups is 1. The van der Waals surface area contributed by atoms with Gasteiger partial charge in [-0.25, -0.2) is 0 Å². The highest BCUT2D eigenvalue weighted by molar-refractivity contribution is 5.95. The van der Waals surface area contributed by atoms with E-state index in [-0.39, 0.29) is 11.9 Å². The van der Waals surface area contributed by atoms with Crippen molar-refractivity contribution in [1.82, 2.24) is 15.5 Å². The molecule has 0 fully saturated rings. The Kier molecular flexibility index (Phi) is 2.74. The topological polar surface area (TPSA) is 83.8 Å². The van der Waals surface area contributed by atoms with Crippen molar-refractivity contribution in [3.63, 3.8) is 0 Å². The number of H-pyrrole nitrogens is 1. The van der Waals surface area contributed by atoms with E-state index in [9.17, 15) is 4.79 Å². The van der Waals surface area contributed by atoms with Crippen LogP contribution < -0.4 is 11.1 Å². The van der Waals surface area contributed by atoms with E-state index < -0.39 is 0 Å². The number of nitrogen functional groups attached to an aromatic ring is 1. The molecule has 0 aliphatic heterocycles. The fourth-order valence-electron chi connectivity index (χ4n) is 2.60. The lowest BCUT2D eigenvalue weighted by atomic mass is 10.1. The number of hydrogen-bond acceptors (Lipinski definition) is 3. The van der Waals surface area contributed by atoms with E-state index in [1.807, 2.05) is 25.1 Å². The largest absolute Gasteiger partial charge is 0.399 e. The molecule has 0 saturated carbocycles. The zero-order valence-electron chi connectivity index (χ0n) is 10.7. The van der Waals surface area contributed by atoms with Gasteiger partial charge in [0.15, 0.2) is 0 Å². The maximum Gasteiger partial charge on any atom is 0.255 e. The quantitative estimate of drug-likeness (QED) is 0.715. The summed E-state index contributed by atoms with van der Waals surface area (Å²) < 4.78 is 0. The fraction of sp³-hybridized carbons (Fsp3) is 0.286. The van der Waals surface area contributed by atoms with Crippen LogP contribution in [0.1, 0.15) is 39.6 Å². The lowest BCUT2D eigenvalue weighted by molar-refractivity contribution is 0.0936. The number of benzene rings is 1. The van der Waals surface area contributed by atoms with E-state index in [1.165, 1.54) is 11.1 Å². The smallest absolute Gasteiger partial charge is 0.255 e. The molecule has 4 N–H and O–H groups in total. The van der Waals surface area contributed by atoms with Crippen LogP contribution in [0, 0.1) is 6.92 Å². The molecule has 0 spiro atoms. The van der Waals surface area contributed by atoms with Crippen molar-refractivity contribution in [2.45, 2.75) is 25.8 Å². The second-order valence-corrected chi connectivity index (χ2v) is 4.93. The van der Waals surface area contributed by atoms with Gasteiger partial charge in [-0.15, -0.1) is 0 Å². The van der Waals surface area contributed by atoms with Crippen molar-refractivity contribution in [3.8, 4) is 0 Å². The first-order chi connectivity index (χ1) is 9.15. The third-order valence-electron chi connectivity index (χ3n) is 3.62. The molecule has 1 unspecified atom stereocenters. The van der Waals surface area contributed by atoms with E-state index in [1.54, 1.807) is 6.20 Å². The number of nitrogens with zero attached hydrogens (tertiary/aromatic N) is 1. The van der Waals surface area contributed by atoms with Gasteiger partial charge in [-0.2, -0.15) is 5.10 Å². The number of nitrogens with one attached hydrogen (secondary N) is 2. The highest BCUT2D eigenvalue weighted by atomic mass is 16.1. The number of aromatic nitrogens is 2. The maximum atomic E-state index is 12.2. The number of aryl methyl sites for hydroxylation is 2. The lowest BCUT2D eigenvalue weighted by Gasteiger charge is -2.14. The SMILES string of the molecule is Cc1[nH]ncc1C(=O)NC1CCc2cc(N)ccc21. The summed E-state index contributed by atoms with van der Waals surface area (Å²) in [4.78, 5) is 12.2. The summed E-state index contributed by atoms with van der Waals surface area (Å²) in [6, 6.07) is 5.94. The molecule has 0 radical (unpaired) electrons. The van der Waals surface area contributed by atoms with Crippen molar-refractivity contribution < 1.29 is 4.79 Å². The van der Waals surface area contributed by atoms with Gasteiger partial charge in [0.25, 0.3) is 5.91 Å². The molecule has 0 saturated heterocycles. The second-order valence-electron chi connectivity index (χ2n) is 4.93. The Hall–Kier alpha value is -2.30. The zero-order chi connectivity index (χ0) is 13.4. The Morgan fingerprint density at radius 3 is 3.11 bits per heavy atom. The molecule has 98 valence electrons. The van der Waals surface area contributed by atoms with Gasteiger partial charge in [0, 0.05) is 11.4 Å². The Labute approximate surface area is 111 Å². The standard InChI is InChI=1S/C14H16N4O/c1-8-12(7-16-18-8)14(19)17-13-5-2-9-6-10(15)3-4-11(9)13/h3-4,6-7,13H,2,5,15H2,1H3,(H,16,18)(H,17,19). The Bertz CT molecular complexity index is 632. The van der Waals surface area contributed by atoms with Gasteiger partial charge in [-0.3, -0.25) is 9.89 Å². The zero-order valence-corrected chi connectivity index (χ0v) is 10.7. The van der Waals surface area contributed by atoms with E-state index >= 15 is 0 Å². The summed E-state index contributed by atoms with van der Waals surface area (Å²) in [6.07, 6.45) is 3.43. The van der Waals surface area contributed by atoms with Crippen LogP contribution in [-0.2, 0) is 6.42 Å².